The van der Waals surface area contributed by atoms with Crippen LogP contribution in [-0.4, -0.2) is 5.75 Å². The fourth-order valence-electron chi connectivity index (χ4n) is 1.63. The van der Waals surface area contributed by atoms with Gasteiger partial charge in [-0.05, 0) is 42.2 Å². The van der Waals surface area contributed by atoms with E-state index in [1.807, 2.05) is 13.0 Å². The molecule has 0 saturated heterocycles. The van der Waals surface area contributed by atoms with Crippen LogP contribution in [0.25, 0.3) is 0 Å². The summed E-state index contributed by atoms with van der Waals surface area (Å²) in [4.78, 5) is 0.890. The third-order valence-electron chi connectivity index (χ3n) is 2.71. The summed E-state index contributed by atoms with van der Waals surface area (Å²) in [5.74, 6) is 0.244. The number of rotatable bonds is 4. The first-order chi connectivity index (χ1) is 11.3. The molecular weight excluding hydrogens is 479 g/mol. The Labute approximate surface area is 158 Å². The van der Waals surface area contributed by atoms with Gasteiger partial charge in [0.15, 0.2) is 0 Å². The van der Waals surface area contributed by atoms with Crippen LogP contribution in [0.2, 0.25) is 0 Å². The maximum atomic E-state index is 12.4. The second-order valence-electron chi connectivity index (χ2n) is 4.38. The largest absolute Gasteiger partial charge is 0.265 e. The van der Waals surface area contributed by atoms with Crippen molar-refractivity contribution < 1.29 is 22.0 Å². The summed E-state index contributed by atoms with van der Waals surface area (Å²) in [6, 6.07) is 8.23. The molecule has 0 atom stereocenters. The standard InChI is InChI=1S/C9H9BrF2S.C7H4BrF3/c1-2-13-6-3-4-8(10)7(5-6)9(11)12;8-6-2-1-4(9)3-5(6)7(10)11/h3-5,9H,2H2,1H3;1-3,7H. The lowest BCUT2D eigenvalue weighted by molar-refractivity contribution is 0.149. The minimum atomic E-state index is -2.64. The van der Waals surface area contributed by atoms with Gasteiger partial charge in [-0.1, -0.05) is 38.8 Å². The van der Waals surface area contributed by atoms with Gasteiger partial charge in [0, 0.05) is 25.0 Å². The van der Waals surface area contributed by atoms with Gasteiger partial charge in [-0.3, -0.25) is 0 Å². The molecule has 0 aromatic heterocycles. The zero-order valence-electron chi connectivity index (χ0n) is 12.4. The first-order valence-corrected chi connectivity index (χ1v) is 9.26. The molecule has 0 radical (unpaired) electrons. The smallest absolute Gasteiger partial charge is 0.207 e. The summed E-state index contributed by atoms with van der Waals surface area (Å²) in [7, 11) is 0. The van der Waals surface area contributed by atoms with E-state index in [1.54, 1.807) is 17.8 Å². The molecule has 0 nitrogen and oxygen atoms in total. The molecule has 0 fully saturated rings. The highest BCUT2D eigenvalue weighted by molar-refractivity contribution is 9.10. The maximum absolute atomic E-state index is 12.4. The van der Waals surface area contributed by atoms with Crippen LogP contribution in [0.4, 0.5) is 22.0 Å². The van der Waals surface area contributed by atoms with Crippen molar-refractivity contribution >= 4 is 43.6 Å². The molecule has 2 rings (SSSR count). The SMILES string of the molecule is CCSc1ccc(Br)c(C(F)F)c1.Fc1ccc(Br)c(C(F)F)c1. The molecule has 0 heterocycles. The molecule has 0 amide bonds. The molecule has 0 aliphatic rings. The third-order valence-corrected chi connectivity index (χ3v) is 5.03. The Morgan fingerprint density at radius 1 is 0.875 bits per heavy atom. The van der Waals surface area contributed by atoms with Crippen LogP contribution in [0.3, 0.4) is 0 Å². The highest BCUT2D eigenvalue weighted by atomic mass is 79.9. The molecule has 24 heavy (non-hydrogen) atoms. The van der Waals surface area contributed by atoms with Crippen molar-refractivity contribution in [2.24, 2.45) is 0 Å². The quantitative estimate of drug-likeness (QED) is 0.308. The van der Waals surface area contributed by atoms with Crippen LogP contribution >= 0.6 is 43.6 Å². The molecular formula is C16H13Br2F5S. The van der Waals surface area contributed by atoms with Gasteiger partial charge in [0.05, 0.1) is 0 Å². The zero-order chi connectivity index (χ0) is 18.3. The van der Waals surface area contributed by atoms with Crippen LogP contribution in [0.15, 0.2) is 50.2 Å². The van der Waals surface area contributed by atoms with E-state index in [9.17, 15) is 22.0 Å². The number of alkyl halides is 4. The normalized spacial score (nSPS) is 10.8. The molecule has 2 aromatic carbocycles. The van der Waals surface area contributed by atoms with E-state index in [0.29, 0.717) is 4.47 Å². The molecule has 0 aliphatic carbocycles. The van der Waals surface area contributed by atoms with Gasteiger partial charge in [-0.2, -0.15) is 0 Å². The third kappa shape index (κ3) is 6.72. The first kappa shape index (κ1) is 21.4. The number of hydrogen-bond donors (Lipinski definition) is 0. The second kappa shape index (κ2) is 10.4. The van der Waals surface area contributed by atoms with Gasteiger partial charge >= 0.3 is 0 Å². The number of benzene rings is 2. The van der Waals surface area contributed by atoms with Crippen LogP contribution in [-0.2, 0) is 0 Å². The van der Waals surface area contributed by atoms with Gasteiger partial charge in [0.2, 0.25) is 0 Å². The van der Waals surface area contributed by atoms with Crippen molar-refractivity contribution in [1.29, 1.82) is 0 Å². The molecule has 0 bridgehead atoms. The van der Waals surface area contributed by atoms with E-state index in [0.717, 1.165) is 22.8 Å². The van der Waals surface area contributed by atoms with Crippen LogP contribution in [0.1, 0.15) is 30.9 Å². The second-order valence-corrected chi connectivity index (χ2v) is 7.43. The lowest BCUT2D eigenvalue weighted by atomic mass is 10.2. The summed E-state index contributed by atoms with van der Waals surface area (Å²) in [5.41, 5.74) is -0.247. The summed E-state index contributed by atoms with van der Waals surface area (Å²) in [6.45, 7) is 1.99. The van der Waals surface area contributed by atoms with E-state index in [2.05, 4.69) is 31.9 Å². The predicted molar refractivity (Wildman–Crippen MR) is 94.6 cm³/mol. The monoisotopic (exact) mass is 490 g/mol. The topological polar surface area (TPSA) is 0 Å². The average molecular weight is 492 g/mol. The summed E-state index contributed by atoms with van der Waals surface area (Å²) in [5, 5.41) is 0. The zero-order valence-corrected chi connectivity index (χ0v) is 16.4. The predicted octanol–water partition coefficient (Wildman–Crippen LogP) is 8.02. The Hall–Kier alpha value is -0.600. The molecule has 0 unspecified atom stereocenters. The van der Waals surface area contributed by atoms with Crippen LogP contribution < -0.4 is 0 Å². The Morgan fingerprint density at radius 2 is 1.38 bits per heavy atom. The minimum absolute atomic E-state index is 0.0680. The lowest BCUT2D eigenvalue weighted by Gasteiger charge is -2.05. The minimum Gasteiger partial charge on any atom is -0.207 e. The van der Waals surface area contributed by atoms with E-state index < -0.39 is 18.7 Å². The first-order valence-electron chi connectivity index (χ1n) is 6.69. The molecule has 132 valence electrons. The number of hydrogen-bond acceptors (Lipinski definition) is 1. The number of thioether (sulfide) groups is 1. The molecule has 2 aromatic rings. The number of halogens is 7. The van der Waals surface area contributed by atoms with E-state index >= 15 is 0 Å². The van der Waals surface area contributed by atoms with Crippen molar-refractivity contribution in [1.82, 2.24) is 0 Å². The fraction of sp³-hybridized carbons (Fsp3) is 0.250. The fourth-order valence-corrected chi connectivity index (χ4v) is 3.17. The summed E-state index contributed by atoms with van der Waals surface area (Å²) >= 11 is 7.54. The van der Waals surface area contributed by atoms with Crippen molar-refractivity contribution in [2.75, 3.05) is 5.75 Å². The van der Waals surface area contributed by atoms with Crippen molar-refractivity contribution in [3.8, 4) is 0 Å². The molecule has 8 heteroatoms. The average Bonchev–Trinajstić information content (AvgIpc) is 2.52. The molecule has 0 aliphatic heterocycles. The van der Waals surface area contributed by atoms with E-state index in [-0.39, 0.29) is 15.6 Å². The Balaban J connectivity index is 0.000000243. The highest BCUT2D eigenvalue weighted by Crippen LogP contribution is 2.31. The van der Waals surface area contributed by atoms with E-state index in [4.69, 9.17) is 0 Å². The maximum Gasteiger partial charge on any atom is 0.265 e. The van der Waals surface area contributed by atoms with Crippen molar-refractivity contribution in [3.63, 3.8) is 0 Å². The molecule has 0 spiro atoms. The van der Waals surface area contributed by atoms with Gasteiger partial charge in [-0.15, -0.1) is 11.8 Å². The lowest BCUT2D eigenvalue weighted by Crippen LogP contribution is -1.87. The van der Waals surface area contributed by atoms with Crippen molar-refractivity contribution in [2.45, 2.75) is 24.7 Å². The summed E-state index contributed by atoms with van der Waals surface area (Å²) < 4.78 is 61.9. The summed E-state index contributed by atoms with van der Waals surface area (Å²) in [6.07, 6.45) is -5.05. The van der Waals surface area contributed by atoms with E-state index in [1.165, 1.54) is 12.1 Å². The molecule has 0 saturated carbocycles. The Bertz CT molecular complexity index is 665. The molecule has 0 N–H and O–H groups in total. The van der Waals surface area contributed by atoms with Gasteiger partial charge in [0.1, 0.15) is 5.82 Å². The van der Waals surface area contributed by atoms with Crippen molar-refractivity contribution in [3.05, 3.63) is 62.3 Å². The van der Waals surface area contributed by atoms with Crippen LogP contribution in [0.5, 0.6) is 0 Å². The highest BCUT2D eigenvalue weighted by Gasteiger charge is 2.12. The van der Waals surface area contributed by atoms with Gasteiger partial charge < -0.3 is 0 Å². The van der Waals surface area contributed by atoms with Crippen LogP contribution in [0, 0.1) is 5.82 Å². The van der Waals surface area contributed by atoms with Gasteiger partial charge in [-0.25, -0.2) is 22.0 Å². The van der Waals surface area contributed by atoms with Gasteiger partial charge in [0.25, 0.3) is 12.9 Å². The Morgan fingerprint density at radius 3 is 1.83 bits per heavy atom. The Kier molecular flexibility index (Phi) is 9.30.